The first kappa shape index (κ1) is 18.7. The third-order valence-electron chi connectivity index (χ3n) is 5.27. The average Bonchev–Trinajstić information content (AvgIpc) is 2.67. The van der Waals surface area contributed by atoms with Gasteiger partial charge in [0.1, 0.15) is 0 Å². The second-order valence-corrected chi connectivity index (χ2v) is 8.14. The smallest absolute Gasteiger partial charge is 0.317 e. The van der Waals surface area contributed by atoms with Crippen LogP contribution in [0.1, 0.15) is 30.0 Å². The molecule has 3 aromatic rings. The number of aryl methyl sites for hydroxylation is 1. The van der Waals surface area contributed by atoms with Crippen molar-refractivity contribution < 1.29 is 4.79 Å². The van der Waals surface area contributed by atoms with E-state index in [0.717, 1.165) is 27.5 Å². The summed E-state index contributed by atoms with van der Waals surface area (Å²) in [6.45, 7) is 0.510. The first-order valence-electron chi connectivity index (χ1n) is 9.19. The van der Waals surface area contributed by atoms with Crippen molar-refractivity contribution in [3.05, 3.63) is 78.8 Å². The Balaban J connectivity index is 1.66. The average molecular weight is 442 g/mol. The van der Waals surface area contributed by atoms with E-state index in [1.54, 1.807) is 18.0 Å². The summed E-state index contributed by atoms with van der Waals surface area (Å²) < 4.78 is 2.38. The van der Waals surface area contributed by atoms with E-state index in [0.29, 0.717) is 18.5 Å². The zero-order valence-corrected chi connectivity index (χ0v) is 17.0. The normalized spacial score (nSPS) is 15.6. The molecular formula is C21H20BrN3O3. The Hall–Kier alpha value is -2.67. The summed E-state index contributed by atoms with van der Waals surface area (Å²) in [5.74, 6) is -0.0465. The van der Waals surface area contributed by atoms with Crippen LogP contribution >= 0.6 is 15.9 Å². The van der Waals surface area contributed by atoms with E-state index in [4.69, 9.17) is 0 Å². The van der Waals surface area contributed by atoms with Crippen LogP contribution in [0.5, 0.6) is 0 Å². The van der Waals surface area contributed by atoms with Gasteiger partial charge >= 0.3 is 11.1 Å². The molecule has 1 atom stereocenters. The number of nitrogens with one attached hydrogen (secondary N) is 1. The van der Waals surface area contributed by atoms with Crippen LogP contribution in [0.2, 0.25) is 0 Å². The van der Waals surface area contributed by atoms with Crippen LogP contribution in [-0.2, 0) is 17.8 Å². The minimum Gasteiger partial charge on any atom is -0.341 e. The van der Waals surface area contributed by atoms with Crippen molar-refractivity contribution in [2.24, 2.45) is 0 Å². The van der Waals surface area contributed by atoms with Gasteiger partial charge in [-0.1, -0.05) is 46.3 Å². The summed E-state index contributed by atoms with van der Waals surface area (Å²) in [5, 5.41) is 0. The van der Waals surface area contributed by atoms with Crippen LogP contribution < -0.4 is 11.1 Å². The van der Waals surface area contributed by atoms with E-state index >= 15 is 0 Å². The molecule has 1 aliphatic heterocycles. The van der Waals surface area contributed by atoms with Crippen LogP contribution in [0.3, 0.4) is 0 Å². The van der Waals surface area contributed by atoms with Gasteiger partial charge in [-0.2, -0.15) is 0 Å². The maximum atomic E-state index is 12.8. The lowest BCUT2D eigenvalue weighted by atomic mass is 9.96. The van der Waals surface area contributed by atoms with Crippen molar-refractivity contribution in [3.63, 3.8) is 0 Å². The number of halogens is 1. The molecule has 1 amide bonds. The quantitative estimate of drug-likeness (QED) is 0.632. The summed E-state index contributed by atoms with van der Waals surface area (Å²) in [5.41, 5.74) is 2.13. The fraction of sp³-hybridized carbons (Fsp3) is 0.286. The summed E-state index contributed by atoms with van der Waals surface area (Å²) in [4.78, 5) is 41.9. The SMILES string of the molecule is CN(Cc1ccccc1)C(=O)CC1CCc2cc(Br)cc3[nH]c(=O)c(=O)n1c23. The Morgan fingerprint density at radius 1 is 1.25 bits per heavy atom. The van der Waals surface area contributed by atoms with Gasteiger partial charge in [-0.15, -0.1) is 0 Å². The van der Waals surface area contributed by atoms with Gasteiger partial charge in [0.05, 0.1) is 11.0 Å². The Bertz CT molecular complexity index is 1170. The van der Waals surface area contributed by atoms with Gasteiger partial charge in [0, 0.05) is 30.5 Å². The summed E-state index contributed by atoms with van der Waals surface area (Å²) in [6, 6.07) is 13.2. The third-order valence-corrected chi connectivity index (χ3v) is 5.72. The molecule has 7 heteroatoms. The number of carbonyl (C=O) groups excluding carboxylic acids is 1. The van der Waals surface area contributed by atoms with Crippen LogP contribution in [-0.4, -0.2) is 27.4 Å². The summed E-state index contributed by atoms with van der Waals surface area (Å²) in [7, 11) is 1.76. The van der Waals surface area contributed by atoms with Gasteiger partial charge in [-0.05, 0) is 36.1 Å². The number of aromatic nitrogens is 2. The second kappa shape index (κ2) is 7.39. The molecule has 2 heterocycles. The molecule has 0 spiro atoms. The minimum absolute atomic E-state index is 0.0465. The van der Waals surface area contributed by atoms with Gasteiger partial charge in [0.2, 0.25) is 5.91 Å². The predicted molar refractivity (Wildman–Crippen MR) is 111 cm³/mol. The molecule has 0 saturated heterocycles. The highest BCUT2D eigenvalue weighted by atomic mass is 79.9. The first-order chi connectivity index (χ1) is 13.4. The van der Waals surface area contributed by atoms with Crippen LogP contribution in [0, 0.1) is 0 Å². The Labute approximate surface area is 169 Å². The molecule has 2 aromatic carbocycles. The van der Waals surface area contributed by atoms with Crippen molar-refractivity contribution in [2.45, 2.75) is 31.8 Å². The molecule has 0 radical (unpaired) electrons. The van der Waals surface area contributed by atoms with E-state index in [-0.39, 0.29) is 18.4 Å². The molecular weight excluding hydrogens is 422 g/mol. The number of rotatable bonds is 4. The van der Waals surface area contributed by atoms with E-state index in [1.165, 1.54) is 4.57 Å². The van der Waals surface area contributed by atoms with E-state index in [2.05, 4.69) is 20.9 Å². The second-order valence-electron chi connectivity index (χ2n) is 7.22. The molecule has 0 saturated carbocycles. The Kier molecular flexibility index (Phi) is 4.93. The number of amides is 1. The minimum atomic E-state index is -0.659. The maximum Gasteiger partial charge on any atom is 0.317 e. The molecule has 28 heavy (non-hydrogen) atoms. The predicted octanol–water partition coefficient (Wildman–Crippen LogP) is 2.99. The Morgan fingerprint density at radius 2 is 2.00 bits per heavy atom. The maximum absolute atomic E-state index is 12.8. The number of nitrogens with zero attached hydrogens (tertiary/aromatic N) is 2. The van der Waals surface area contributed by atoms with Gasteiger partial charge < -0.3 is 9.88 Å². The summed E-state index contributed by atoms with van der Waals surface area (Å²) in [6.07, 6.45) is 1.59. The van der Waals surface area contributed by atoms with Gasteiger partial charge in [0.25, 0.3) is 0 Å². The molecule has 0 aliphatic carbocycles. The fourth-order valence-corrected chi connectivity index (χ4v) is 4.41. The number of aromatic amines is 1. The molecule has 1 unspecified atom stereocenters. The molecule has 1 aromatic heterocycles. The van der Waals surface area contributed by atoms with Crippen LogP contribution in [0.15, 0.2) is 56.5 Å². The van der Waals surface area contributed by atoms with Crippen molar-refractivity contribution >= 4 is 32.9 Å². The standard InChI is InChI=1S/C21H20BrN3O3/c1-24(12-13-5-3-2-4-6-13)18(26)11-16-8-7-14-9-15(22)10-17-19(14)25(16)21(28)20(27)23-17/h2-6,9-10,16H,7-8,11-12H2,1H3,(H,23,27). The number of hydrogen-bond acceptors (Lipinski definition) is 3. The molecule has 0 bridgehead atoms. The van der Waals surface area contributed by atoms with E-state index in [9.17, 15) is 14.4 Å². The van der Waals surface area contributed by atoms with E-state index < -0.39 is 11.1 Å². The zero-order valence-electron chi connectivity index (χ0n) is 15.4. The molecule has 4 rings (SSSR count). The monoisotopic (exact) mass is 441 g/mol. The number of carbonyl (C=O) groups is 1. The topological polar surface area (TPSA) is 75.2 Å². The molecule has 144 valence electrons. The molecule has 0 fully saturated rings. The van der Waals surface area contributed by atoms with Crippen molar-refractivity contribution in [1.29, 1.82) is 0 Å². The third kappa shape index (κ3) is 3.42. The summed E-state index contributed by atoms with van der Waals surface area (Å²) >= 11 is 3.45. The van der Waals surface area contributed by atoms with Gasteiger partial charge in [-0.25, -0.2) is 0 Å². The largest absolute Gasteiger partial charge is 0.341 e. The lowest BCUT2D eigenvalue weighted by Crippen LogP contribution is -2.41. The van der Waals surface area contributed by atoms with Gasteiger partial charge in [0.15, 0.2) is 0 Å². The van der Waals surface area contributed by atoms with Crippen molar-refractivity contribution in [2.75, 3.05) is 7.05 Å². The van der Waals surface area contributed by atoms with Crippen molar-refractivity contribution in [1.82, 2.24) is 14.5 Å². The highest BCUT2D eigenvalue weighted by Crippen LogP contribution is 2.32. The number of benzene rings is 2. The lowest BCUT2D eigenvalue weighted by molar-refractivity contribution is -0.131. The zero-order chi connectivity index (χ0) is 19.8. The number of hydrogen-bond donors (Lipinski definition) is 1. The van der Waals surface area contributed by atoms with Crippen LogP contribution in [0.25, 0.3) is 11.0 Å². The highest BCUT2D eigenvalue weighted by Gasteiger charge is 2.27. The van der Waals surface area contributed by atoms with E-state index in [1.807, 2.05) is 36.4 Å². The molecule has 1 N–H and O–H groups in total. The first-order valence-corrected chi connectivity index (χ1v) is 9.98. The number of H-pyrrole nitrogens is 1. The molecule has 1 aliphatic rings. The van der Waals surface area contributed by atoms with Crippen molar-refractivity contribution in [3.8, 4) is 0 Å². The fourth-order valence-electron chi connectivity index (χ4n) is 3.91. The van der Waals surface area contributed by atoms with Gasteiger partial charge in [-0.3, -0.25) is 19.0 Å². The van der Waals surface area contributed by atoms with Crippen LogP contribution in [0.4, 0.5) is 0 Å². The lowest BCUT2D eigenvalue weighted by Gasteiger charge is -2.29. The molecule has 6 nitrogen and oxygen atoms in total. The highest BCUT2D eigenvalue weighted by molar-refractivity contribution is 9.10. The Morgan fingerprint density at radius 3 is 2.75 bits per heavy atom.